The summed E-state index contributed by atoms with van der Waals surface area (Å²) in [7, 11) is 0. The van der Waals surface area contributed by atoms with Crippen molar-refractivity contribution in [1.82, 2.24) is 4.98 Å². The number of piperidine rings is 1. The first-order valence-corrected chi connectivity index (χ1v) is 7.00. The Morgan fingerprint density at radius 3 is 2.94 bits per heavy atom. The Balaban J connectivity index is 2.21. The highest BCUT2D eigenvalue weighted by molar-refractivity contribution is 9.10. The van der Waals surface area contributed by atoms with E-state index in [0.717, 1.165) is 23.4 Å². The van der Waals surface area contributed by atoms with E-state index in [-0.39, 0.29) is 0 Å². The molecule has 0 radical (unpaired) electrons. The molecule has 2 rings (SSSR count). The van der Waals surface area contributed by atoms with Gasteiger partial charge in [-0.3, -0.25) is 0 Å². The van der Waals surface area contributed by atoms with E-state index in [4.69, 9.17) is 5.73 Å². The molecular weight excluding hydrogens is 278 g/mol. The normalized spacial score (nSPS) is 25.1. The van der Waals surface area contributed by atoms with Gasteiger partial charge in [0.1, 0.15) is 5.82 Å². The van der Waals surface area contributed by atoms with Gasteiger partial charge in [-0.05, 0) is 66.7 Å². The monoisotopic (exact) mass is 297 g/mol. The summed E-state index contributed by atoms with van der Waals surface area (Å²) in [5, 5.41) is 0. The summed E-state index contributed by atoms with van der Waals surface area (Å²) in [5.74, 6) is 1.69. The van der Waals surface area contributed by atoms with Gasteiger partial charge < -0.3 is 10.6 Å². The lowest BCUT2D eigenvalue weighted by Gasteiger charge is -2.38. The van der Waals surface area contributed by atoms with E-state index in [9.17, 15) is 0 Å². The fourth-order valence-corrected chi connectivity index (χ4v) is 2.59. The van der Waals surface area contributed by atoms with E-state index in [1.54, 1.807) is 0 Å². The first-order chi connectivity index (χ1) is 8.11. The van der Waals surface area contributed by atoms with Crippen LogP contribution in [0.2, 0.25) is 0 Å². The summed E-state index contributed by atoms with van der Waals surface area (Å²) in [6, 6.07) is 2.71. The van der Waals surface area contributed by atoms with E-state index in [0.29, 0.717) is 12.0 Å². The summed E-state index contributed by atoms with van der Waals surface area (Å²) in [4.78, 5) is 6.91. The third kappa shape index (κ3) is 2.80. The van der Waals surface area contributed by atoms with Gasteiger partial charge in [-0.25, -0.2) is 4.98 Å². The van der Waals surface area contributed by atoms with Crippen molar-refractivity contribution in [2.24, 2.45) is 11.7 Å². The highest BCUT2D eigenvalue weighted by Gasteiger charge is 2.25. The van der Waals surface area contributed by atoms with Crippen LogP contribution in [0, 0.1) is 12.8 Å². The summed E-state index contributed by atoms with van der Waals surface area (Å²) >= 11 is 3.49. The van der Waals surface area contributed by atoms with E-state index >= 15 is 0 Å². The van der Waals surface area contributed by atoms with Crippen LogP contribution in [0.1, 0.15) is 25.3 Å². The van der Waals surface area contributed by atoms with Crippen molar-refractivity contribution in [2.45, 2.75) is 32.7 Å². The van der Waals surface area contributed by atoms with Crippen molar-refractivity contribution < 1.29 is 0 Å². The van der Waals surface area contributed by atoms with Gasteiger partial charge in [0.25, 0.3) is 0 Å². The Hall–Kier alpha value is -0.610. The largest absolute Gasteiger partial charge is 0.354 e. The first-order valence-electron chi connectivity index (χ1n) is 6.20. The van der Waals surface area contributed by atoms with Crippen LogP contribution < -0.4 is 10.6 Å². The number of pyridine rings is 1. The minimum atomic E-state index is 0.561. The predicted octanol–water partition coefficient (Wildman–Crippen LogP) is 2.72. The molecule has 1 aromatic heterocycles. The lowest BCUT2D eigenvalue weighted by Crippen LogP contribution is -2.44. The number of nitrogens with two attached hydrogens (primary N) is 1. The van der Waals surface area contributed by atoms with Crippen LogP contribution in [0.3, 0.4) is 0 Å². The topological polar surface area (TPSA) is 42.1 Å². The Morgan fingerprint density at radius 1 is 1.53 bits per heavy atom. The Kier molecular flexibility index (Phi) is 4.05. The van der Waals surface area contributed by atoms with Crippen LogP contribution in [0.15, 0.2) is 16.7 Å². The van der Waals surface area contributed by atoms with Gasteiger partial charge in [-0.1, -0.05) is 0 Å². The van der Waals surface area contributed by atoms with Gasteiger partial charge in [0, 0.05) is 23.3 Å². The molecular formula is C13H20BrN3. The Labute approximate surface area is 112 Å². The molecule has 94 valence electrons. The number of rotatable bonds is 2. The molecule has 2 atom stereocenters. The number of hydrogen-bond donors (Lipinski definition) is 1. The highest BCUT2D eigenvalue weighted by Crippen LogP contribution is 2.27. The number of anilines is 1. The molecule has 1 aliphatic heterocycles. The predicted molar refractivity (Wildman–Crippen MR) is 75.3 cm³/mol. The maximum Gasteiger partial charge on any atom is 0.129 e. The maximum atomic E-state index is 5.79. The zero-order valence-electron chi connectivity index (χ0n) is 10.5. The van der Waals surface area contributed by atoms with Gasteiger partial charge in [0.15, 0.2) is 0 Å². The van der Waals surface area contributed by atoms with Crippen molar-refractivity contribution in [3.8, 4) is 0 Å². The molecule has 0 saturated carbocycles. The summed E-state index contributed by atoms with van der Waals surface area (Å²) in [6.45, 7) is 6.18. The number of nitrogens with zero attached hydrogens (tertiary/aromatic N) is 2. The smallest absolute Gasteiger partial charge is 0.129 e. The lowest BCUT2D eigenvalue weighted by molar-refractivity contribution is 0.372. The van der Waals surface area contributed by atoms with Crippen LogP contribution in [0.25, 0.3) is 0 Å². The minimum Gasteiger partial charge on any atom is -0.354 e. The molecule has 1 saturated heterocycles. The minimum absolute atomic E-state index is 0.561. The first kappa shape index (κ1) is 12.8. The van der Waals surface area contributed by atoms with Crippen molar-refractivity contribution >= 4 is 21.7 Å². The number of aryl methyl sites for hydroxylation is 1. The van der Waals surface area contributed by atoms with Gasteiger partial charge in [-0.2, -0.15) is 0 Å². The molecule has 1 aliphatic rings. The molecule has 2 heterocycles. The Bertz CT molecular complexity index is 394. The fraction of sp³-hybridized carbons (Fsp3) is 0.615. The van der Waals surface area contributed by atoms with Crippen LogP contribution in [0.5, 0.6) is 0 Å². The zero-order chi connectivity index (χ0) is 12.4. The molecule has 0 aromatic carbocycles. The second-order valence-corrected chi connectivity index (χ2v) is 5.83. The van der Waals surface area contributed by atoms with Crippen molar-refractivity contribution in [2.75, 3.05) is 18.0 Å². The van der Waals surface area contributed by atoms with E-state index < -0.39 is 0 Å². The number of hydrogen-bond acceptors (Lipinski definition) is 3. The van der Waals surface area contributed by atoms with E-state index in [2.05, 4.69) is 45.7 Å². The zero-order valence-corrected chi connectivity index (χ0v) is 12.1. The molecule has 1 fully saturated rings. The van der Waals surface area contributed by atoms with Gasteiger partial charge in [0.05, 0.1) is 0 Å². The van der Waals surface area contributed by atoms with Gasteiger partial charge in [-0.15, -0.1) is 0 Å². The fourth-order valence-electron chi connectivity index (χ4n) is 2.38. The van der Waals surface area contributed by atoms with E-state index in [1.165, 1.54) is 18.4 Å². The van der Waals surface area contributed by atoms with E-state index in [1.807, 2.05) is 6.20 Å². The number of halogens is 1. The standard InChI is InChI=1S/C13H20BrN3/c1-9-5-13(16-7-12(9)14)17-8-11(6-15)4-3-10(17)2/h5,7,10-11H,3-4,6,8,15H2,1-2H3. The van der Waals surface area contributed by atoms with Crippen LogP contribution in [0.4, 0.5) is 5.82 Å². The van der Waals surface area contributed by atoms with Crippen LogP contribution in [-0.4, -0.2) is 24.1 Å². The summed E-state index contributed by atoms with van der Waals surface area (Å²) in [6.07, 6.45) is 4.34. The molecule has 0 spiro atoms. The molecule has 2 N–H and O–H groups in total. The molecule has 4 heteroatoms. The number of aromatic nitrogens is 1. The molecule has 0 amide bonds. The van der Waals surface area contributed by atoms with Gasteiger partial charge in [0.2, 0.25) is 0 Å². The molecule has 17 heavy (non-hydrogen) atoms. The maximum absolute atomic E-state index is 5.79. The third-order valence-electron chi connectivity index (χ3n) is 3.64. The summed E-state index contributed by atoms with van der Waals surface area (Å²) in [5.41, 5.74) is 7.02. The van der Waals surface area contributed by atoms with Crippen molar-refractivity contribution in [3.05, 3.63) is 22.3 Å². The Morgan fingerprint density at radius 2 is 2.29 bits per heavy atom. The molecule has 0 bridgehead atoms. The lowest BCUT2D eigenvalue weighted by atomic mass is 9.93. The molecule has 2 unspecified atom stereocenters. The van der Waals surface area contributed by atoms with Crippen LogP contribution in [-0.2, 0) is 0 Å². The SMILES string of the molecule is Cc1cc(N2CC(CN)CCC2C)ncc1Br. The third-order valence-corrected chi connectivity index (χ3v) is 4.47. The molecule has 3 nitrogen and oxygen atoms in total. The van der Waals surface area contributed by atoms with Crippen molar-refractivity contribution in [1.29, 1.82) is 0 Å². The summed E-state index contributed by atoms with van der Waals surface area (Å²) < 4.78 is 1.07. The highest BCUT2D eigenvalue weighted by atomic mass is 79.9. The quantitative estimate of drug-likeness (QED) is 0.913. The average Bonchev–Trinajstić information content (AvgIpc) is 2.33. The van der Waals surface area contributed by atoms with Crippen LogP contribution >= 0.6 is 15.9 Å². The molecule has 0 aliphatic carbocycles. The second kappa shape index (κ2) is 5.36. The average molecular weight is 298 g/mol. The molecule has 1 aromatic rings. The van der Waals surface area contributed by atoms with Gasteiger partial charge >= 0.3 is 0 Å². The van der Waals surface area contributed by atoms with Crippen molar-refractivity contribution in [3.63, 3.8) is 0 Å². The second-order valence-electron chi connectivity index (χ2n) is 4.97.